The highest BCUT2D eigenvalue weighted by molar-refractivity contribution is 5.27. The van der Waals surface area contributed by atoms with E-state index in [0.717, 1.165) is 23.5 Å². The Morgan fingerprint density at radius 2 is 2.18 bits per heavy atom. The zero-order valence-electron chi connectivity index (χ0n) is 13.8. The molecule has 3 rings (SSSR count). The van der Waals surface area contributed by atoms with Gasteiger partial charge in [0.1, 0.15) is 18.5 Å². The molecule has 3 nitrogen and oxygen atoms in total. The Hall–Kier alpha value is -1.06. The molecule has 0 radical (unpaired) electrons. The lowest BCUT2D eigenvalue weighted by molar-refractivity contribution is 0.0993. The van der Waals surface area contributed by atoms with Crippen LogP contribution in [-0.2, 0) is 0 Å². The van der Waals surface area contributed by atoms with Crippen molar-refractivity contribution in [1.29, 1.82) is 0 Å². The summed E-state index contributed by atoms with van der Waals surface area (Å²) < 4.78 is 5.67. The van der Waals surface area contributed by atoms with Crippen LogP contribution in [0.1, 0.15) is 38.2 Å². The van der Waals surface area contributed by atoms with Gasteiger partial charge in [0.2, 0.25) is 0 Å². The molecule has 1 aromatic rings. The summed E-state index contributed by atoms with van der Waals surface area (Å²) in [6.45, 7) is 5.28. The molecule has 0 spiro atoms. The molecule has 0 heterocycles. The average Bonchev–Trinajstić information content (AvgIpc) is 3.13. The first-order valence-electron chi connectivity index (χ1n) is 8.72. The fraction of sp³-hybridized carbons (Fsp3) is 0.684. The van der Waals surface area contributed by atoms with Crippen LogP contribution in [0.15, 0.2) is 24.3 Å². The van der Waals surface area contributed by atoms with Crippen LogP contribution in [0, 0.1) is 24.7 Å². The van der Waals surface area contributed by atoms with Gasteiger partial charge in [0, 0.05) is 12.6 Å². The van der Waals surface area contributed by atoms with Crippen LogP contribution in [0.3, 0.4) is 0 Å². The van der Waals surface area contributed by atoms with E-state index in [9.17, 15) is 5.11 Å². The molecule has 0 unspecified atom stereocenters. The number of hydrogen-bond donors (Lipinski definition) is 2. The second kappa shape index (κ2) is 7.01. The molecule has 122 valence electrons. The Labute approximate surface area is 134 Å². The van der Waals surface area contributed by atoms with E-state index in [4.69, 9.17) is 4.74 Å². The number of aliphatic hydroxyl groups excluding tert-OH is 1. The normalized spacial score (nSPS) is 29.5. The summed E-state index contributed by atoms with van der Waals surface area (Å²) in [5.41, 5.74) is 1.18. The molecule has 5 atom stereocenters. The second-order valence-corrected chi connectivity index (χ2v) is 7.32. The zero-order chi connectivity index (χ0) is 15.5. The predicted molar refractivity (Wildman–Crippen MR) is 89.1 cm³/mol. The van der Waals surface area contributed by atoms with Gasteiger partial charge in [-0.15, -0.1) is 0 Å². The van der Waals surface area contributed by atoms with Crippen molar-refractivity contribution in [3.63, 3.8) is 0 Å². The maximum Gasteiger partial charge on any atom is 0.119 e. The molecule has 1 aromatic carbocycles. The van der Waals surface area contributed by atoms with Crippen LogP contribution in [0.2, 0.25) is 0 Å². The predicted octanol–water partition coefficient (Wildman–Crippen LogP) is 3.15. The first kappa shape index (κ1) is 15.8. The highest BCUT2D eigenvalue weighted by Gasteiger charge is 2.41. The van der Waals surface area contributed by atoms with Gasteiger partial charge in [0.25, 0.3) is 0 Å². The Morgan fingerprint density at radius 3 is 2.86 bits per heavy atom. The van der Waals surface area contributed by atoms with Gasteiger partial charge in [-0.25, -0.2) is 0 Å². The number of nitrogens with one attached hydrogen (secondary N) is 1. The molecule has 2 fully saturated rings. The maximum absolute atomic E-state index is 10.1. The Morgan fingerprint density at radius 1 is 1.32 bits per heavy atom. The topological polar surface area (TPSA) is 41.5 Å². The van der Waals surface area contributed by atoms with Crippen LogP contribution < -0.4 is 10.1 Å². The van der Waals surface area contributed by atoms with Gasteiger partial charge < -0.3 is 15.2 Å². The molecule has 2 bridgehead atoms. The van der Waals surface area contributed by atoms with Crippen molar-refractivity contribution in [3.05, 3.63) is 29.8 Å². The van der Waals surface area contributed by atoms with Crippen LogP contribution in [-0.4, -0.2) is 30.4 Å². The molecule has 2 aliphatic carbocycles. The first-order valence-corrected chi connectivity index (χ1v) is 8.72. The molecule has 3 heteroatoms. The van der Waals surface area contributed by atoms with E-state index in [0.29, 0.717) is 19.2 Å². The molecule has 2 saturated carbocycles. The van der Waals surface area contributed by atoms with Gasteiger partial charge in [-0.2, -0.15) is 0 Å². The minimum Gasteiger partial charge on any atom is -0.491 e. The summed E-state index contributed by atoms with van der Waals surface area (Å²) in [5, 5.41) is 13.6. The third-order valence-electron chi connectivity index (χ3n) is 5.54. The van der Waals surface area contributed by atoms with Crippen LogP contribution in [0.25, 0.3) is 0 Å². The highest BCUT2D eigenvalue weighted by Crippen LogP contribution is 2.49. The van der Waals surface area contributed by atoms with Gasteiger partial charge in [-0.3, -0.25) is 0 Å². The minimum absolute atomic E-state index is 0.347. The van der Waals surface area contributed by atoms with Gasteiger partial charge in [0.15, 0.2) is 0 Å². The molecular formula is C19H29NO2. The number of rotatable bonds is 7. The summed E-state index contributed by atoms with van der Waals surface area (Å²) >= 11 is 0. The lowest BCUT2D eigenvalue weighted by atomic mass is 9.84. The second-order valence-electron chi connectivity index (χ2n) is 7.32. The number of hydrogen-bond acceptors (Lipinski definition) is 3. The van der Waals surface area contributed by atoms with Gasteiger partial charge in [-0.05, 0) is 68.6 Å². The van der Waals surface area contributed by atoms with Crippen LogP contribution in [0.4, 0.5) is 0 Å². The average molecular weight is 303 g/mol. The molecule has 22 heavy (non-hydrogen) atoms. The fourth-order valence-electron chi connectivity index (χ4n) is 4.34. The molecule has 2 N–H and O–H groups in total. The molecule has 2 aliphatic rings. The Bertz CT molecular complexity index is 490. The van der Waals surface area contributed by atoms with E-state index in [1.807, 2.05) is 31.2 Å². The minimum atomic E-state index is -0.457. The fourth-order valence-corrected chi connectivity index (χ4v) is 4.34. The molecule has 0 saturated heterocycles. The lowest BCUT2D eigenvalue weighted by Crippen LogP contribution is -2.41. The summed E-state index contributed by atoms with van der Waals surface area (Å²) in [4.78, 5) is 0. The number of benzene rings is 1. The van der Waals surface area contributed by atoms with Crippen molar-refractivity contribution in [2.75, 3.05) is 13.2 Å². The number of ether oxygens (including phenoxy) is 1. The Balaban J connectivity index is 1.38. The summed E-state index contributed by atoms with van der Waals surface area (Å²) in [5.74, 6) is 3.55. The highest BCUT2D eigenvalue weighted by atomic mass is 16.5. The molecule has 0 aliphatic heterocycles. The van der Waals surface area contributed by atoms with Crippen molar-refractivity contribution in [2.24, 2.45) is 17.8 Å². The van der Waals surface area contributed by atoms with E-state index < -0.39 is 6.10 Å². The zero-order valence-corrected chi connectivity index (χ0v) is 13.8. The third kappa shape index (κ3) is 3.82. The largest absolute Gasteiger partial charge is 0.491 e. The number of aliphatic hydroxyl groups is 1. The molecule has 0 aromatic heterocycles. The van der Waals surface area contributed by atoms with E-state index >= 15 is 0 Å². The van der Waals surface area contributed by atoms with Crippen molar-refractivity contribution < 1.29 is 9.84 Å². The van der Waals surface area contributed by atoms with Crippen LogP contribution in [0.5, 0.6) is 5.75 Å². The van der Waals surface area contributed by atoms with Crippen molar-refractivity contribution in [1.82, 2.24) is 5.32 Å². The van der Waals surface area contributed by atoms with Gasteiger partial charge >= 0.3 is 0 Å². The standard InChI is InChI=1S/C19H29NO2/c1-13-4-3-5-18(8-13)22-12-17(21)11-20-14(2)19-10-15-6-7-16(19)9-15/h3-5,8,14-17,19-21H,6-7,9-12H2,1-2H3/t14-,15-,16-,17+,19+/m1/s1. The molecular weight excluding hydrogens is 274 g/mol. The van der Waals surface area contributed by atoms with Gasteiger partial charge in [0.05, 0.1) is 0 Å². The summed E-state index contributed by atoms with van der Waals surface area (Å²) in [6.07, 6.45) is 5.23. The van der Waals surface area contributed by atoms with Crippen molar-refractivity contribution in [3.8, 4) is 5.75 Å². The quantitative estimate of drug-likeness (QED) is 0.813. The van der Waals surface area contributed by atoms with Crippen LogP contribution >= 0.6 is 0 Å². The number of fused-ring (bicyclic) bond motifs is 2. The monoisotopic (exact) mass is 303 g/mol. The Kier molecular flexibility index (Phi) is 5.04. The van der Waals surface area contributed by atoms with E-state index in [2.05, 4.69) is 12.2 Å². The number of aryl methyl sites for hydroxylation is 1. The van der Waals surface area contributed by atoms with E-state index in [-0.39, 0.29) is 0 Å². The SMILES string of the molecule is Cc1cccc(OC[C@@H](O)CN[C@H](C)[C@@H]2C[C@@H]3CC[C@@H]2C3)c1. The van der Waals surface area contributed by atoms with Crippen molar-refractivity contribution >= 4 is 0 Å². The van der Waals surface area contributed by atoms with E-state index in [1.165, 1.54) is 31.2 Å². The maximum atomic E-state index is 10.1. The summed E-state index contributed by atoms with van der Waals surface area (Å²) in [7, 11) is 0. The third-order valence-corrected chi connectivity index (χ3v) is 5.54. The smallest absolute Gasteiger partial charge is 0.119 e. The molecule has 0 amide bonds. The lowest BCUT2D eigenvalue weighted by Gasteiger charge is -2.29. The summed E-state index contributed by atoms with van der Waals surface area (Å²) in [6, 6.07) is 8.46. The first-order chi connectivity index (χ1) is 10.6. The van der Waals surface area contributed by atoms with E-state index in [1.54, 1.807) is 0 Å². The van der Waals surface area contributed by atoms with Gasteiger partial charge in [-0.1, -0.05) is 18.6 Å². The van der Waals surface area contributed by atoms with Crippen molar-refractivity contribution in [2.45, 2.75) is 51.7 Å².